The summed E-state index contributed by atoms with van der Waals surface area (Å²) in [4.78, 5) is 3.54. The van der Waals surface area contributed by atoms with Crippen molar-refractivity contribution in [3.63, 3.8) is 0 Å². The fourth-order valence-corrected chi connectivity index (χ4v) is 3.77. The predicted octanol–water partition coefficient (Wildman–Crippen LogP) is 4.96. The fraction of sp³-hybridized carbons (Fsp3) is 0.115. The van der Waals surface area contributed by atoms with E-state index >= 15 is 0 Å². The van der Waals surface area contributed by atoms with E-state index in [2.05, 4.69) is 78.7 Å². The van der Waals surface area contributed by atoms with Crippen molar-refractivity contribution in [2.24, 2.45) is 5.73 Å². The van der Waals surface area contributed by atoms with Crippen LogP contribution < -0.4 is 5.73 Å². The van der Waals surface area contributed by atoms with Gasteiger partial charge in [0.15, 0.2) is 5.70 Å². The molecule has 0 saturated heterocycles. The van der Waals surface area contributed by atoms with Crippen molar-refractivity contribution in [3.05, 3.63) is 101 Å². The normalized spacial score (nSPS) is 15.1. The smallest absolute Gasteiger partial charge is 0.355 e. The Labute approximate surface area is 179 Å². The second-order valence-corrected chi connectivity index (χ2v) is 7.42. The molecule has 0 amide bonds. The number of allylic oxidation sites excluding steroid dienone is 2. The molecule has 30 heavy (non-hydrogen) atoms. The van der Waals surface area contributed by atoms with E-state index in [1.807, 2.05) is 24.4 Å². The van der Waals surface area contributed by atoms with E-state index in [0.717, 1.165) is 34.6 Å². The summed E-state index contributed by atoms with van der Waals surface area (Å²) in [5, 5.41) is 0. The number of hydrogen-bond donors (Lipinski definition) is 2. The van der Waals surface area contributed by atoms with E-state index in [1.54, 1.807) is 4.49 Å². The Morgan fingerprint density at radius 1 is 1.03 bits per heavy atom. The number of rotatable bonds is 6. The highest BCUT2D eigenvalue weighted by molar-refractivity contribution is 6.01. The van der Waals surface area contributed by atoms with Crippen LogP contribution in [0.15, 0.2) is 78.5 Å². The third kappa shape index (κ3) is 4.29. The number of nitrogens with zero attached hydrogens (tertiary/aromatic N) is 1. The summed E-state index contributed by atoms with van der Waals surface area (Å²) in [7, 11) is 6.08. The first kappa shape index (κ1) is 19.9. The molecule has 146 valence electrons. The Bertz CT molecular complexity index is 1150. The van der Waals surface area contributed by atoms with Gasteiger partial charge in [0, 0.05) is 23.4 Å². The Hall–Kier alpha value is -3.37. The molecular weight excluding hydrogens is 365 g/mol. The van der Waals surface area contributed by atoms with Crippen LogP contribution in [0.4, 0.5) is 0 Å². The maximum Gasteiger partial charge on any atom is 0.586 e. The molecule has 1 aliphatic rings. The quantitative estimate of drug-likeness (QED) is 0.575. The first-order chi connectivity index (χ1) is 14.7. The number of aromatic nitrogens is 1. The fourth-order valence-electron chi connectivity index (χ4n) is 3.77. The zero-order valence-corrected chi connectivity index (χ0v) is 17.2. The van der Waals surface area contributed by atoms with Gasteiger partial charge in [-0.2, -0.15) is 0 Å². The molecule has 2 heterocycles. The van der Waals surface area contributed by atoms with Crippen molar-refractivity contribution >= 4 is 31.9 Å². The van der Waals surface area contributed by atoms with Gasteiger partial charge in [0.2, 0.25) is 0 Å². The summed E-state index contributed by atoms with van der Waals surface area (Å²) in [5.41, 5.74) is 14.9. The number of hydrogen-bond acceptors (Lipinski definition) is 1. The molecule has 0 saturated carbocycles. The van der Waals surface area contributed by atoms with Gasteiger partial charge in [-0.1, -0.05) is 60.7 Å². The van der Waals surface area contributed by atoms with E-state index in [0.29, 0.717) is 6.54 Å². The Morgan fingerprint density at radius 2 is 1.77 bits per heavy atom. The molecule has 3 aromatic rings. The van der Waals surface area contributed by atoms with Crippen molar-refractivity contribution in [1.82, 2.24) is 4.98 Å². The van der Waals surface area contributed by atoms with Gasteiger partial charge in [-0.15, -0.1) is 0 Å². The molecule has 0 bridgehead atoms. The van der Waals surface area contributed by atoms with Crippen LogP contribution >= 0.6 is 0 Å². The molecular formula is C26H25BN3+. The van der Waals surface area contributed by atoms with E-state index in [1.165, 1.54) is 16.7 Å². The lowest BCUT2D eigenvalue weighted by molar-refractivity contribution is -0.294. The van der Waals surface area contributed by atoms with Gasteiger partial charge in [0.05, 0.1) is 5.69 Å². The number of aromatic amines is 1. The van der Waals surface area contributed by atoms with E-state index < -0.39 is 0 Å². The minimum atomic E-state index is 0.567. The minimum Gasteiger partial charge on any atom is -0.355 e. The topological polar surface area (TPSA) is 44.8 Å². The highest BCUT2D eigenvalue weighted by atomic mass is 14.9. The van der Waals surface area contributed by atoms with Crippen LogP contribution in [0.2, 0.25) is 0 Å². The third-order valence-corrected chi connectivity index (χ3v) is 5.29. The molecule has 0 unspecified atom stereocenters. The van der Waals surface area contributed by atoms with Gasteiger partial charge in [0.25, 0.3) is 0 Å². The van der Waals surface area contributed by atoms with Crippen LogP contribution in [-0.2, 0) is 0 Å². The summed E-state index contributed by atoms with van der Waals surface area (Å²) in [5.74, 6) is 0. The lowest BCUT2D eigenvalue weighted by Gasteiger charge is -2.07. The van der Waals surface area contributed by atoms with Crippen molar-refractivity contribution in [1.29, 1.82) is 0 Å². The first-order valence-electron chi connectivity index (χ1n) is 10.2. The molecule has 3 nitrogen and oxygen atoms in total. The minimum absolute atomic E-state index is 0.567. The second kappa shape index (κ2) is 8.97. The molecule has 1 aromatic heterocycles. The molecule has 0 fully saturated rings. The molecule has 0 aliphatic carbocycles. The zero-order valence-electron chi connectivity index (χ0n) is 17.2. The first-order valence-corrected chi connectivity index (χ1v) is 10.2. The average Bonchev–Trinajstić information content (AvgIpc) is 3.37. The number of benzene rings is 2. The Balaban J connectivity index is 1.57. The number of nitrogens with one attached hydrogen (secondary N) is 1. The standard InChI is InChI=1S/C26H25BN3/c1-19-18-23(29-26(19)24(15-16-28)25-8-5-17-30(25)27)14-11-20-9-12-22(13-10-20)21-6-3-2-4-7-21/h2-14,17-18,29H,15-16,28H2,1H3/q+1/b14-11+. The predicted molar refractivity (Wildman–Crippen MR) is 128 cm³/mol. The van der Waals surface area contributed by atoms with Gasteiger partial charge in [-0.25, -0.2) is 0 Å². The number of aryl methyl sites for hydroxylation is 1. The van der Waals surface area contributed by atoms with Gasteiger partial charge < -0.3 is 10.7 Å². The van der Waals surface area contributed by atoms with Crippen molar-refractivity contribution in [3.8, 4) is 11.1 Å². The third-order valence-electron chi connectivity index (χ3n) is 5.29. The molecule has 2 radical (unpaired) electrons. The summed E-state index contributed by atoms with van der Waals surface area (Å²) in [6, 6.07) is 21.2. The van der Waals surface area contributed by atoms with Gasteiger partial charge in [-0.3, -0.25) is 4.49 Å². The summed E-state index contributed by atoms with van der Waals surface area (Å²) in [6.45, 7) is 2.68. The van der Waals surface area contributed by atoms with Crippen LogP contribution in [-0.4, -0.2) is 30.2 Å². The van der Waals surface area contributed by atoms with Crippen molar-refractivity contribution in [2.45, 2.75) is 13.3 Å². The molecule has 1 aliphatic heterocycles. The van der Waals surface area contributed by atoms with Crippen LogP contribution in [0.25, 0.3) is 28.9 Å². The maximum absolute atomic E-state index is 6.08. The highest BCUT2D eigenvalue weighted by Crippen LogP contribution is 2.28. The summed E-state index contributed by atoms with van der Waals surface area (Å²) >= 11 is 0. The Kier molecular flexibility index (Phi) is 5.96. The molecule has 0 spiro atoms. The molecule has 3 N–H and O–H groups in total. The summed E-state index contributed by atoms with van der Waals surface area (Å²) in [6.07, 6.45) is 10.8. The van der Waals surface area contributed by atoms with Gasteiger partial charge in [0.1, 0.15) is 6.21 Å². The lowest BCUT2D eigenvalue weighted by Crippen LogP contribution is -2.09. The SMILES string of the molecule is [B][N+]1=CC=CC1=C(CCN)c1[nH]c(/C=C/c2ccc(-c3ccccc3)cc2)cc1C. The number of nitrogens with two attached hydrogens (primary N) is 1. The largest absolute Gasteiger partial charge is 0.586 e. The molecule has 2 aromatic carbocycles. The molecule has 4 heteroatoms. The van der Waals surface area contributed by atoms with Gasteiger partial charge >= 0.3 is 7.98 Å². The lowest BCUT2D eigenvalue weighted by atomic mass is 10.0. The zero-order chi connectivity index (χ0) is 20.9. The monoisotopic (exact) mass is 390 g/mol. The van der Waals surface area contributed by atoms with Crippen LogP contribution in [0.3, 0.4) is 0 Å². The van der Waals surface area contributed by atoms with Crippen molar-refractivity contribution < 1.29 is 4.49 Å². The molecule has 0 atom stereocenters. The highest BCUT2D eigenvalue weighted by Gasteiger charge is 2.20. The summed E-state index contributed by atoms with van der Waals surface area (Å²) < 4.78 is 1.65. The van der Waals surface area contributed by atoms with E-state index in [-0.39, 0.29) is 0 Å². The second-order valence-electron chi connectivity index (χ2n) is 7.42. The van der Waals surface area contributed by atoms with Gasteiger partial charge in [-0.05, 0) is 54.3 Å². The Morgan fingerprint density at radius 3 is 2.43 bits per heavy atom. The van der Waals surface area contributed by atoms with Crippen LogP contribution in [0.5, 0.6) is 0 Å². The van der Waals surface area contributed by atoms with Crippen LogP contribution in [0.1, 0.15) is 28.9 Å². The van der Waals surface area contributed by atoms with Crippen molar-refractivity contribution in [2.75, 3.05) is 6.54 Å². The van der Waals surface area contributed by atoms with E-state index in [4.69, 9.17) is 13.7 Å². The average molecular weight is 390 g/mol. The number of H-pyrrole nitrogens is 1. The molecule has 4 rings (SSSR count). The van der Waals surface area contributed by atoms with Crippen LogP contribution in [0, 0.1) is 6.92 Å². The van der Waals surface area contributed by atoms with E-state index in [9.17, 15) is 0 Å². The maximum atomic E-state index is 6.08.